The minimum absolute atomic E-state index is 0.0704. The van der Waals surface area contributed by atoms with Gasteiger partial charge in [-0.3, -0.25) is 0 Å². The van der Waals surface area contributed by atoms with Crippen LogP contribution in [0.4, 0.5) is 18.0 Å². The lowest BCUT2D eigenvalue weighted by atomic mass is 10.1. The number of alkyl halides is 3. The molecule has 1 atom stereocenters. The van der Waals surface area contributed by atoms with Crippen molar-refractivity contribution in [3.63, 3.8) is 0 Å². The van der Waals surface area contributed by atoms with E-state index in [9.17, 15) is 18.0 Å². The van der Waals surface area contributed by atoms with Gasteiger partial charge in [-0.15, -0.1) is 0 Å². The maximum absolute atomic E-state index is 12.4. The molecule has 0 aromatic rings. The number of halogens is 3. The van der Waals surface area contributed by atoms with Crippen LogP contribution < -0.4 is 5.43 Å². The van der Waals surface area contributed by atoms with Crippen molar-refractivity contribution < 1.29 is 27.4 Å². The number of hydrazone groups is 1. The first-order valence-electron chi connectivity index (χ1n) is 5.80. The number of nitrogens with zero attached hydrogens (tertiary/aromatic N) is 1. The Morgan fingerprint density at radius 1 is 1.42 bits per heavy atom. The van der Waals surface area contributed by atoms with E-state index in [2.05, 4.69) is 15.3 Å². The molecule has 5 nitrogen and oxygen atoms in total. The molecular weight excluding hydrogens is 265 g/mol. The topological polar surface area (TPSA) is 59.9 Å². The standard InChI is InChI=1S/C11H17F3N2O3/c1-10(2,3)19-9(17)16-15-7-4-5-18-8(6-7)11(12,13)14/h8H,4-6H2,1-3H3,(H,16,17). The molecule has 0 saturated carbocycles. The molecule has 1 aliphatic heterocycles. The lowest BCUT2D eigenvalue weighted by molar-refractivity contribution is -0.220. The van der Waals surface area contributed by atoms with E-state index in [0.717, 1.165) is 0 Å². The van der Waals surface area contributed by atoms with Crippen molar-refractivity contribution >= 4 is 11.8 Å². The Hall–Kier alpha value is -1.31. The smallest absolute Gasteiger partial charge is 0.428 e. The Balaban J connectivity index is 2.51. The van der Waals surface area contributed by atoms with Gasteiger partial charge in [-0.25, -0.2) is 10.2 Å². The second-order valence-corrected chi connectivity index (χ2v) is 5.15. The molecule has 0 aromatic carbocycles. The van der Waals surface area contributed by atoms with Crippen molar-refractivity contribution in [1.82, 2.24) is 5.43 Å². The highest BCUT2D eigenvalue weighted by Gasteiger charge is 2.42. The van der Waals surface area contributed by atoms with E-state index in [-0.39, 0.29) is 25.2 Å². The number of nitrogens with one attached hydrogen (secondary N) is 1. The number of hydrogen-bond acceptors (Lipinski definition) is 4. The Labute approximate surface area is 109 Å². The first-order valence-corrected chi connectivity index (χ1v) is 5.80. The minimum Gasteiger partial charge on any atom is -0.443 e. The lowest BCUT2D eigenvalue weighted by Crippen LogP contribution is -2.39. The van der Waals surface area contributed by atoms with Gasteiger partial charge in [-0.05, 0) is 20.8 Å². The van der Waals surface area contributed by atoms with Gasteiger partial charge in [0, 0.05) is 18.6 Å². The second-order valence-electron chi connectivity index (χ2n) is 5.15. The summed E-state index contributed by atoms with van der Waals surface area (Å²) in [4.78, 5) is 11.3. The third kappa shape index (κ3) is 5.91. The molecule has 1 rings (SSSR count). The van der Waals surface area contributed by atoms with Crippen LogP contribution in [0.15, 0.2) is 5.10 Å². The molecule has 0 bridgehead atoms. The van der Waals surface area contributed by atoms with E-state index in [4.69, 9.17) is 4.74 Å². The molecule has 0 spiro atoms. The molecule has 1 amide bonds. The fraction of sp³-hybridized carbons (Fsp3) is 0.818. The normalized spacial score (nSPS) is 23.3. The Kier molecular flexibility index (Phi) is 4.78. The van der Waals surface area contributed by atoms with Crippen LogP contribution in [0, 0.1) is 0 Å². The summed E-state index contributed by atoms with van der Waals surface area (Å²) in [6.07, 6.45) is -7.20. The summed E-state index contributed by atoms with van der Waals surface area (Å²) in [5.41, 5.74) is 1.63. The SMILES string of the molecule is CC(C)(C)OC(=O)NN=C1CCOC(C(F)(F)F)C1. The fourth-order valence-corrected chi connectivity index (χ4v) is 1.43. The van der Waals surface area contributed by atoms with Crippen molar-refractivity contribution in [2.75, 3.05) is 6.61 Å². The van der Waals surface area contributed by atoms with Crippen LogP contribution in [0.3, 0.4) is 0 Å². The van der Waals surface area contributed by atoms with Crippen LogP contribution in [0.1, 0.15) is 33.6 Å². The van der Waals surface area contributed by atoms with Crippen LogP contribution in [0.2, 0.25) is 0 Å². The number of ether oxygens (including phenoxy) is 2. The summed E-state index contributed by atoms with van der Waals surface area (Å²) in [5.74, 6) is 0. The zero-order valence-electron chi connectivity index (χ0n) is 11.0. The van der Waals surface area contributed by atoms with Gasteiger partial charge in [-0.2, -0.15) is 18.3 Å². The third-order valence-corrected chi connectivity index (χ3v) is 2.20. The summed E-state index contributed by atoms with van der Waals surface area (Å²) in [6.45, 7) is 4.95. The zero-order chi connectivity index (χ0) is 14.7. The molecule has 1 saturated heterocycles. The van der Waals surface area contributed by atoms with Crippen molar-refractivity contribution in [2.45, 2.75) is 51.5 Å². The number of carbonyl (C=O) groups is 1. The van der Waals surface area contributed by atoms with Gasteiger partial charge in [-0.1, -0.05) is 0 Å². The number of hydrogen-bond donors (Lipinski definition) is 1. The average molecular weight is 282 g/mol. The molecule has 110 valence electrons. The predicted octanol–water partition coefficient (Wildman–Crippen LogP) is 2.61. The molecule has 8 heteroatoms. The van der Waals surface area contributed by atoms with Crippen molar-refractivity contribution in [3.05, 3.63) is 0 Å². The van der Waals surface area contributed by atoms with Gasteiger partial charge >= 0.3 is 12.3 Å². The van der Waals surface area contributed by atoms with Gasteiger partial charge in [0.15, 0.2) is 6.10 Å². The molecule has 1 fully saturated rings. The predicted molar refractivity (Wildman–Crippen MR) is 61.8 cm³/mol. The molecular formula is C11H17F3N2O3. The van der Waals surface area contributed by atoms with Gasteiger partial charge in [0.1, 0.15) is 5.60 Å². The van der Waals surface area contributed by atoms with E-state index in [0.29, 0.717) is 0 Å². The molecule has 19 heavy (non-hydrogen) atoms. The zero-order valence-corrected chi connectivity index (χ0v) is 11.0. The number of amides is 1. The third-order valence-electron chi connectivity index (χ3n) is 2.20. The van der Waals surface area contributed by atoms with Gasteiger partial charge in [0.2, 0.25) is 0 Å². The molecule has 0 aromatic heterocycles. The van der Waals surface area contributed by atoms with Crippen molar-refractivity contribution in [1.29, 1.82) is 0 Å². The molecule has 0 aliphatic carbocycles. The van der Waals surface area contributed by atoms with Crippen LogP contribution >= 0.6 is 0 Å². The maximum atomic E-state index is 12.4. The van der Waals surface area contributed by atoms with Gasteiger partial charge in [0.25, 0.3) is 0 Å². The van der Waals surface area contributed by atoms with E-state index >= 15 is 0 Å². The monoisotopic (exact) mass is 282 g/mol. The summed E-state index contributed by atoms with van der Waals surface area (Å²) in [5, 5.41) is 3.64. The minimum atomic E-state index is -4.42. The first kappa shape index (κ1) is 15.7. The van der Waals surface area contributed by atoms with Gasteiger partial charge < -0.3 is 9.47 Å². The van der Waals surface area contributed by atoms with Crippen LogP contribution in [-0.2, 0) is 9.47 Å². The molecule has 1 heterocycles. The maximum Gasteiger partial charge on any atom is 0.428 e. The molecule has 1 N–H and O–H groups in total. The molecule has 1 aliphatic rings. The number of carbonyl (C=O) groups excluding carboxylic acids is 1. The summed E-state index contributed by atoms with van der Waals surface area (Å²) in [6, 6.07) is 0. The van der Waals surface area contributed by atoms with E-state index in [1.165, 1.54) is 0 Å². The van der Waals surface area contributed by atoms with E-state index in [1.807, 2.05) is 0 Å². The lowest BCUT2D eigenvalue weighted by Gasteiger charge is -2.26. The fourth-order valence-electron chi connectivity index (χ4n) is 1.43. The van der Waals surface area contributed by atoms with Crippen molar-refractivity contribution in [2.24, 2.45) is 5.10 Å². The Bertz CT molecular complexity index is 361. The largest absolute Gasteiger partial charge is 0.443 e. The average Bonchev–Trinajstić information content (AvgIpc) is 2.23. The van der Waals surface area contributed by atoms with Crippen LogP contribution in [-0.4, -0.2) is 36.3 Å². The Morgan fingerprint density at radius 3 is 2.58 bits per heavy atom. The van der Waals surface area contributed by atoms with E-state index in [1.54, 1.807) is 20.8 Å². The summed E-state index contributed by atoms with van der Waals surface area (Å²) < 4.78 is 46.9. The van der Waals surface area contributed by atoms with Gasteiger partial charge in [0.05, 0.1) is 6.61 Å². The second kappa shape index (κ2) is 5.77. The summed E-state index contributed by atoms with van der Waals surface area (Å²) in [7, 11) is 0. The van der Waals surface area contributed by atoms with E-state index < -0.39 is 24.0 Å². The van der Waals surface area contributed by atoms with Crippen LogP contribution in [0.25, 0.3) is 0 Å². The molecule has 0 radical (unpaired) electrons. The Morgan fingerprint density at radius 2 is 2.05 bits per heavy atom. The highest BCUT2D eigenvalue weighted by Crippen LogP contribution is 2.28. The highest BCUT2D eigenvalue weighted by molar-refractivity contribution is 5.86. The van der Waals surface area contributed by atoms with Crippen molar-refractivity contribution in [3.8, 4) is 0 Å². The van der Waals surface area contributed by atoms with Crippen LogP contribution in [0.5, 0.6) is 0 Å². The number of rotatable bonds is 1. The summed E-state index contributed by atoms with van der Waals surface area (Å²) >= 11 is 0. The molecule has 1 unspecified atom stereocenters. The quantitative estimate of drug-likeness (QED) is 0.752. The first-order chi connectivity index (χ1) is 8.58. The highest BCUT2D eigenvalue weighted by atomic mass is 19.4.